The summed E-state index contributed by atoms with van der Waals surface area (Å²) in [5.74, 6) is -0.621. The topological polar surface area (TPSA) is 118 Å². The zero-order valence-corrected chi connectivity index (χ0v) is 14.5. The maximum Gasteiger partial charge on any atom is 0.417 e. The first-order chi connectivity index (χ1) is 12.5. The molecule has 10 heteroatoms. The van der Waals surface area contributed by atoms with Crippen molar-refractivity contribution in [3.8, 4) is 6.01 Å². The second kappa shape index (κ2) is 6.54. The minimum Gasteiger partial charge on any atom is -0.459 e. The Bertz CT molecular complexity index is 1080. The van der Waals surface area contributed by atoms with Crippen LogP contribution in [0.25, 0.3) is 11.1 Å². The molecule has 4 rings (SSSR count). The molecule has 3 aromatic rings. The van der Waals surface area contributed by atoms with Crippen LogP contribution in [0, 0.1) is 0 Å². The second-order valence-corrected chi connectivity index (χ2v) is 7.89. The normalized spacial score (nSPS) is 18.8. The maximum atomic E-state index is 13.0. The zero-order valence-electron chi connectivity index (χ0n) is 13.7. The van der Waals surface area contributed by atoms with E-state index in [9.17, 15) is 13.2 Å². The number of hydrogen-bond acceptors (Lipinski definition) is 7. The first-order valence-corrected chi connectivity index (χ1v) is 9.53. The second-order valence-electron chi connectivity index (χ2n) is 5.95. The van der Waals surface area contributed by atoms with Crippen LogP contribution in [0.4, 0.5) is 0 Å². The van der Waals surface area contributed by atoms with Crippen LogP contribution in [0.1, 0.15) is 12.8 Å². The van der Waals surface area contributed by atoms with E-state index in [1.165, 1.54) is 22.5 Å². The summed E-state index contributed by atoms with van der Waals surface area (Å²) in [6.45, 7) is 0.609. The van der Waals surface area contributed by atoms with Crippen molar-refractivity contribution in [1.82, 2.24) is 19.3 Å². The van der Waals surface area contributed by atoms with E-state index in [4.69, 9.17) is 9.15 Å². The van der Waals surface area contributed by atoms with Crippen molar-refractivity contribution >= 4 is 21.1 Å². The number of nitrogens with one attached hydrogen (secondary N) is 1. The number of rotatable bonds is 4. The summed E-state index contributed by atoms with van der Waals surface area (Å²) in [6.07, 6.45) is 4.21. The molecule has 1 aliphatic rings. The molecule has 26 heavy (non-hydrogen) atoms. The molecule has 1 aromatic carbocycles. The summed E-state index contributed by atoms with van der Waals surface area (Å²) in [5, 5.41) is 0. The number of nitrogens with zero attached hydrogens (tertiary/aromatic N) is 3. The van der Waals surface area contributed by atoms with Crippen LogP contribution in [0.15, 0.2) is 50.8 Å². The Morgan fingerprint density at radius 3 is 2.88 bits per heavy atom. The molecular formula is C16H16N4O5S. The van der Waals surface area contributed by atoms with Crippen LogP contribution in [-0.2, 0) is 10.0 Å². The smallest absolute Gasteiger partial charge is 0.417 e. The summed E-state index contributed by atoms with van der Waals surface area (Å²) in [7, 11) is -3.72. The van der Waals surface area contributed by atoms with Crippen LogP contribution in [-0.4, -0.2) is 46.9 Å². The van der Waals surface area contributed by atoms with Crippen LogP contribution in [0.5, 0.6) is 6.01 Å². The van der Waals surface area contributed by atoms with Gasteiger partial charge in [-0.25, -0.2) is 23.2 Å². The number of fused-ring (bicyclic) bond motifs is 1. The van der Waals surface area contributed by atoms with Crippen molar-refractivity contribution in [1.29, 1.82) is 0 Å². The molecule has 1 unspecified atom stereocenters. The molecule has 3 heterocycles. The van der Waals surface area contributed by atoms with Gasteiger partial charge in [-0.1, -0.05) is 0 Å². The molecule has 1 aliphatic heterocycles. The fourth-order valence-corrected chi connectivity index (χ4v) is 4.49. The number of benzene rings is 1. The standard InChI is InChI=1S/C16H16N4O5S/c21-16-19-13-9-12(4-5-14(13)25-16)26(22,23)20-8-1-3-11(10-20)24-15-17-6-2-7-18-15/h2,4-7,9,11H,1,3,8,10H2,(H,19,21). The molecule has 0 amide bonds. The van der Waals surface area contributed by atoms with Gasteiger partial charge in [0.2, 0.25) is 10.0 Å². The Morgan fingerprint density at radius 2 is 2.08 bits per heavy atom. The predicted molar refractivity (Wildman–Crippen MR) is 91.3 cm³/mol. The molecule has 2 aromatic heterocycles. The van der Waals surface area contributed by atoms with Gasteiger partial charge in [0.1, 0.15) is 6.10 Å². The van der Waals surface area contributed by atoms with Gasteiger partial charge in [-0.2, -0.15) is 4.31 Å². The summed E-state index contributed by atoms with van der Waals surface area (Å²) < 4.78 is 37.9. The number of H-pyrrole nitrogens is 1. The average molecular weight is 376 g/mol. The highest BCUT2D eigenvalue weighted by Crippen LogP contribution is 2.24. The SMILES string of the molecule is O=c1[nH]c2cc(S(=O)(=O)N3CCCC(Oc4ncccn4)C3)ccc2o1. The van der Waals surface area contributed by atoms with Gasteiger partial charge in [0, 0.05) is 18.9 Å². The third kappa shape index (κ3) is 3.20. The largest absolute Gasteiger partial charge is 0.459 e. The third-order valence-electron chi connectivity index (χ3n) is 4.18. The predicted octanol–water partition coefficient (Wildman–Crippen LogP) is 1.14. The third-order valence-corrected chi connectivity index (χ3v) is 6.04. The van der Waals surface area contributed by atoms with Gasteiger partial charge in [-0.15, -0.1) is 0 Å². The number of oxazole rings is 1. The van der Waals surface area contributed by atoms with E-state index in [2.05, 4.69) is 15.0 Å². The van der Waals surface area contributed by atoms with E-state index < -0.39 is 15.8 Å². The van der Waals surface area contributed by atoms with E-state index in [1.807, 2.05) is 0 Å². The molecule has 1 N–H and O–H groups in total. The quantitative estimate of drug-likeness (QED) is 0.725. The fourth-order valence-electron chi connectivity index (χ4n) is 2.96. The van der Waals surface area contributed by atoms with Crippen LogP contribution in [0.3, 0.4) is 0 Å². The minimum absolute atomic E-state index is 0.0960. The van der Waals surface area contributed by atoms with Crippen molar-refractivity contribution < 1.29 is 17.6 Å². The van der Waals surface area contributed by atoms with E-state index >= 15 is 0 Å². The molecule has 0 saturated carbocycles. The van der Waals surface area contributed by atoms with Gasteiger partial charge in [-0.3, -0.25) is 4.98 Å². The molecule has 136 valence electrons. The number of sulfonamides is 1. The van der Waals surface area contributed by atoms with Gasteiger partial charge < -0.3 is 9.15 Å². The molecule has 0 aliphatic carbocycles. The van der Waals surface area contributed by atoms with E-state index in [0.29, 0.717) is 24.1 Å². The van der Waals surface area contributed by atoms with Crippen molar-refractivity contribution in [3.63, 3.8) is 0 Å². The number of hydrogen-bond donors (Lipinski definition) is 1. The zero-order chi connectivity index (χ0) is 18.1. The Labute approximate surface area is 148 Å². The molecule has 0 bridgehead atoms. The number of aromatic amines is 1. The monoisotopic (exact) mass is 376 g/mol. The van der Waals surface area contributed by atoms with E-state index in [1.54, 1.807) is 18.5 Å². The first kappa shape index (κ1) is 16.7. The van der Waals surface area contributed by atoms with Crippen molar-refractivity contribution in [2.24, 2.45) is 0 Å². The molecule has 1 fully saturated rings. The van der Waals surface area contributed by atoms with Crippen LogP contribution < -0.4 is 10.5 Å². The Kier molecular flexibility index (Phi) is 4.21. The molecule has 9 nitrogen and oxygen atoms in total. The summed E-state index contributed by atoms with van der Waals surface area (Å²) in [6, 6.07) is 6.21. The maximum absolute atomic E-state index is 13.0. The lowest BCUT2D eigenvalue weighted by molar-refractivity contribution is 0.119. The van der Waals surface area contributed by atoms with Gasteiger partial charge >= 0.3 is 11.8 Å². The number of ether oxygens (including phenoxy) is 1. The van der Waals surface area contributed by atoms with E-state index in [-0.39, 0.29) is 23.6 Å². The summed E-state index contributed by atoms with van der Waals surface area (Å²) >= 11 is 0. The highest BCUT2D eigenvalue weighted by Gasteiger charge is 2.31. The number of aromatic nitrogens is 3. The highest BCUT2D eigenvalue weighted by molar-refractivity contribution is 7.89. The van der Waals surface area contributed by atoms with Gasteiger partial charge in [0.15, 0.2) is 5.58 Å². The van der Waals surface area contributed by atoms with E-state index in [0.717, 1.165) is 6.42 Å². The van der Waals surface area contributed by atoms with Crippen molar-refractivity contribution in [3.05, 3.63) is 47.2 Å². The molecule has 0 spiro atoms. The lowest BCUT2D eigenvalue weighted by Gasteiger charge is -2.31. The first-order valence-electron chi connectivity index (χ1n) is 8.09. The lowest BCUT2D eigenvalue weighted by atomic mass is 10.1. The molecule has 1 saturated heterocycles. The summed E-state index contributed by atoms with van der Waals surface area (Å²) in [5.41, 5.74) is 0.661. The highest BCUT2D eigenvalue weighted by atomic mass is 32.2. The molecule has 0 radical (unpaired) electrons. The van der Waals surface area contributed by atoms with Crippen LogP contribution >= 0.6 is 0 Å². The van der Waals surface area contributed by atoms with Gasteiger partial charge in [0.05, 0.1) is 17.0 Å². The van der Waals surface area contributed by atoms with Gasteiger partial charge in [-0.05, 0) is 37.1 Å². The average Bonchev–Trinajstić information content (AvgIpc) is 3.02. The lowest BCUT2D eigenvalue weighted by Crippen LogP contribution is -2.44. The van der Waals surface area contributed by atoms with Crippen molar-refractivity contribution in [2.75, 3.05) is 13.1 Å². The Morgan fingerprint density at radius 1 is 1.27 bits per heavy atom. The molecule has 1 atom stereocenters. The number of piperidine rings is 1. The van der Waals surface area contributed by atoms with Crippen molar-refractivity contribution in [2.45, 2.75) is 23.8 Å². The molecular weight excluding hydrogens is 360 g/mol. The minimum atomic E-state index is -3.72. The fraction of sp³-hybridized carbons (Fsp3) is 0.312. The summed E-state index contributed by atoms with van der Waals surface area (Å²) in [4.78, 5) is 21.8. The van der Waals surface area contributed by atoms with Crippen LogP contribution in [0.2, 0.25) is 0 Å². The van der Waals surface area contributed by atoms with Gasteiger partial charge in [0.25, 0.3) is 0 Å². The Balaban J connectivity index is 1.56. The Hall–Kier alpha value is -2.72.